The van der Waals surface area contributed by atoms with E-state index in [1.165, 1.54) is 18.2 Å². The minimum atomic E-state index is -1.05. The molecule has 0 spiro atoms. The summed E-state index contributed by atoms with van der Waals surface area (Å²) in [5.74, 6) is -1.93. The summed E-state index contributed by atoms with van der Waals surface area (Å²) in [6, 6.07) is 5.53. The molecule has 1 aromatic carbocycles. The number of hydrogen-bond donors (Lipinski definition) is 2. The third-order valence-corrected chi connectivity index (χ3v) is 3.80. The minimum Gasteiger partial charge on any atom is -0.481 e. The number of carbonyl (C=O) groups is 2. The first-order chi connectivity index (χ1) is 9.97. The van der Waals surface area contributed by atoms with Crippen LogP contribution in [0.3, 0.4) is 0 Å². The second-order valence-electron chi connectivity index (χ2n) is 5.27. The molecular formula is C15H18FNO4. The van der Waals surface area contributed by atoms with E-state index in [0.29, 0.717) is 31.5 Å². The number of piperidine rings is 1. The zero-order chi connectivity index (χ0) is 15.4. The molecule has 6 heteroatoms. The van der Waals surface area contributed by atoms with Gasteiger partial charge in [0.25, 0.3) is 0 Å². The van der Waals surface area contributed by atoms with E-state index in [-0.39, 0.29) is 12.3 Å². The topological polar surface area (TPSA) is 77.8 Å². The van der Waals surface area contributed by atoms with Gasteiger partial charge in [0.1, 0.15) is 5.82 Å². The Kier molecular flexibility index (Phi) is 4.90. The molecule has 0 bridgehead atoms. The van der Waals surface area contributed by atoms with Gasteiger partial charge in [0.15, 0.2) is 0 Å². The second-order valence-corrected chi connectivity index (χ2v) is 5.27. The van der Waals surface area contributed by atoms with Crippen molar-refractivity contribution in [2.45, 2.75) is 25.4 Å². The van der Waals surface area contributed by atoms with Crippen molar-refractivity contribution in [3.63, 3.8) is 0 Å². The number of carboxylic acid groups (broad SMARTS) is 1. The van der Waals surface area contributed by atoms with Gasteiger partial charge in [0, 0.05) is 13.1 Å². The molecule has 1 aliphatic rings. The summed E-state index contributed by atoms with van der Waals surface area (Å²) in [4.78, 5) is 24.5. The highest BCUT2D eigenvalue weighted by Gasteiger charge is 2.27. The molecule has 0 radical (unpaired) electrons. The number of carboxylic acids is 1. The van der Waals surface area contributed by atoms with Crippen LogP contribution in [-0.2, 0) is 9.59 Å². The number of halogens is 1. The Morgan fingerprint density at radius 1 is 1.33 bits per heavy atom. The van der Waals surface area contributed by atoms with Crippen LogP contribution < -0.4 is 0 Å². The number of aliphatic hydroxyl groups excluding tert-OH is 1. The van der Waals surface area contributed by atoms with E-state index >= 15 is 0 Å². The van der Waals surface area contributed by atoms with E-state index in [0.717, 1.165) is 0 Å². The van der Waals surface area contributed by atoms with Crippen LogP contribution in [0.4, 0.5) is 4.39 Å². The van der Waals surface area contributed by atoms with E-state index in [9.17, 15) is 19.1 Å². The number of aliphatic hydroxyl groups is 1. The van der Waals surface area contributed by atoms with E-state index in [2.05, 4.69) is 0 Å². The largest absolute Gasteiger partial charge is 0.481 e. The standard InChI is InChI=1S/C15H18FNO4/c16-12-3-1-2-11(8-12)13(18)9-14(19)17-6-4-10(5-7-17)15(20)21/h1-3,8,10,13,18H,4-7,9H2,(H,20,21). The summed E-state index contributed by atoms with van der Waals surface area (Å²) in [5.41, 5.74) is 0.365. The molecule has 0 saturated carbocycles. The van der Waals surface area contributed by atoms with Crippen molar-refractivity contribution in [1.29, 1.82) is 0 Å². The highest BCUT2D eigenvalue weighted by molar-refractivity contribution is 5.77. The maximum absolute atomic E-state index is 13.1. The van der Waals surface area contributed by atoms with Crippen molar-refractivity contribution in [1.82, 2.24) is 4.90 Å². The van der Waals surface area contributed by atoms with Gasteiger partial charge in [-0.15, -0.1) is 0 Å². The molecule has 1 amide bonds. The number of rotatable bonds is 4. The lowest BCUT2D eigenvalue weighted by molar-refractivity contribution is -0.146. The maximum atomic E-state index is 13.1. The third-order valence-electron chi connectivity index (χ3n) is 3.80. The Hall–Kier alpha value is -1.95. The number of aliphatic carboxylic acids is 1. The van der Waals surface area contributed by atoms with E-state index < -0.39 is 23.8 Å². The Morgan fingerprint density at radius 2 is 2.00 bits per heavy atom. The van der Waals surface area contributed by atoms with Crippen LogP contribution in [0.1, 0.15) is 30.9 Å². The van der Waals surface area contributed by atoms with Crippen LogP contribution >= 0.6 is 0 Å². The van der Waals surface area contributed by atoms with Crippen molar-refractivity contribution in [3.05, 3.63) is 35.6 Å². The van der Waals surface area contributed by atoms with Gasteiger partial charge in [0.2, 0.25) is 5.91 Å². The van der Waals surface area contributed by atoms with Gasteiger partial charge in [-0.05, 0) is 30.5 Å². The average molecular weight is 295 g/mol. The number of likely N-dealkylation sites (tertiary alicyclic amines) is 1. The highest BCUT2D eigenvalue weighted by atomic mass is 19.1. The Morgan fingerprint density at radius 3 is 2.57 bits per heavy atom. The van der Waals surface area contributed by atoms with Crippen LogP contribution in [-0.4, -0.2) is 40.1 Å². The number of carbonyl (C=O) groups excluding carboxylic acids is 1. The van der Waals surface area contributed by atoms with E-state index in [4.69, 9.17) is 5.11 Å². The first-order valence-corrected chi connectivity index (χ1v) is 6.91. The lowest BCUT2D eigenvalue weighted by Crippen LogP contribution is -2.40. The minimum absolute atomic E-state index is 0.124. The fourth-order valence-electron chi connectivity index (χ4n) is 2.50. The van der Waals surface area contributed by atoms with Gasteiger partial charge in [-0.3, -0.25) is 9.59 Å². The lowest BCUT2D eigenvalue weighted by Gasteiger charge is -2.30. The summed E-state index contributed by atoms with van der Waals surface area (Å²) >= 11 is 0. The average Bonchev–Trinajstić information content (AvgIpc) is 2.47. The van der Waals surface area contributed by atoms with E-state index in [1.54, 1.807) is 11.0 Å². The highest BCUT2D eigenvalue weighted by Crippen LogP contribution is 2.22. The van der Waals surface area contributed by atoms with Crippen molar-refractivity contribution in [2.75, 3.05) is 13.1 Å². The zero-order valence-electron chi connectivity index (χ0n) is 11.5. The Labute approximate surface area is 122 Å². The molecule has 1 fully saturated rings. The van der Waals surface area contributed by atoms with Gasteiger partial charge < -0.3 is 15.1 Å². The fraction of sp³-hybridized carbons (Fsp3) is 0.467. The molecule has 21 heavy (non-hydrogen) atoms. The molecule has 2 rings (SSSR count). The molecule has 1 aliphatic heterocycles. The number of amides is 1. The lowest BCUT2D eigenvalue weighted by atomic mass is 9.96. The van der Waals surface area contributed by atoms with E-state index in [1.807, 2.05) is 0 Å². The SMILES string of the molecule is O=C(O)C1CCN(C(=O)CC(O)c2cccc(F)c2)CC1. The molecule has 2 N–H and O–H groups in total. The summed E-state index contributed by atoms with van der Waals surface area (Å²) in [6.45, 7) is 0.761. The van der Waals surface area contributed by atoms with Gasteiger partial charge in [-0.1, -0.05) is 12.1 Å². The smallest absolute Gasteiger partial charge is 0.306 e. The van der Waals surface area contributed by atoms with Gasteiger partial charge in [0.05, 0.1) is 18.4 Å². The number of hydrogen-bond acceptors (Lipinski definition) is 3. The molecule has 0 aromatic heterocycles. The molecule has 1 aromatic rings. The first kappa shape index (κ1) is 15.4. The predicted molar refractivity (Wildman–Crippen MR) is 72.9 cm³/mol. The molecular weight excluding hydrogens is 277 g/mol. The van der Waals surface area contributed by atoms with Crippen molar-refractivity contribution in [2.24, 2.45) is 5.92 Å². The number of benzene rings is 1. The fourth-order valence-corrected chi connectivity index (χ4v) is 2.50. The third kappa shape index (κ3) is 4.01. The van der Waals surface area contributed by atoms with Crippen LogP contribution in [0.2, 0.25) is 0 Å². The van der Waals surface area contributed by atoms with Gasteiger partial charge in [-0.25, -0.2) is 4.39 Å². The molecule has 1 saturated heterocycles. The molecule has 114 valence electrons. The molecule has 5 nitrogen and oxygen atoms in total. The number of nitrogens with zero attached hydrogens (tertiary/aromatic N) is 1. The van der Waals surface area contributed by atoms with Crippen LogP contribution in [0.25, 0.3) is 0 Å². The summed E-state index contributed by atoms with van der Waals surface area (Å²) in [6.07, 6.45) is -0.319. The monoisotopic (exact) mass is 295 g/mol. The molecule has 1 heterocycles. The van der Waals surface area contributed by atoms with Crippen molar-refractivity contribution in [3.8, 4) is 0 Å². The van der Waals surface area contributed by atoms with Crippen LogP contribution in [0.5, 0.6) is 0 Å². The molecule has 1 atom stereocenters. The normalized spacial score (nSPS) is 17.5. The second kappa shape index (κ2) is 6.67. The van der Waals surface area contributed by atoms with Crippen LogP contribution in [0.15, 0.2) is 24.3 Å². The maximum Gasteiger partial charge on any atom is 0.306 e. The molecule has 0 aliphatic carbocycles. The Balaban J connectivity index is 1.89. The van der Waals surface area contributed by atoms with Crippen molar-refractivity contribution < 1.29 is 24.2 Å². The quantitative estimate of drug-likeness (QED) is 0.884. The summed E-state index contributed by atoms with van der Waals surface area (Å²) < 4.78 is 13.1. The van der Waals surface area contributed by atoms with Crippen LogP contribution in [0, 0.1) is 11.7 Å². The first-order valence-electron chi connectivity index (χ1n) is 6.91. The molecule has 1 unspecified atom stereocenters. The van der Waals surface area contributed by atoms with Crippen molar-refractivity contribution >= 4 is 11.9 Å². The van der Waals surface area contributed by atoms with Gasteiger partial charge >= 0.3 is 5.97 Å². The zero-order valence-corrected chi connectivity index (χ0v) is 11.5. The predicted octanol–water partition coefficient (Wildman–Crippen LogP) is 1.57. The summed E-state index contributed by atoms with van der Waals surface area (Å²) in [7, 11) is 0. The summed E-state index contributed by atoms with van der Waals surface area (Å²) in [5, 5.41) is 18.9. The Bertz CT molecular complexity index is 526. The van der Waals surface area contributed by atoms with Gasteiger partial charge in [-0.2, -0.15) is 0 Å².